The summed E-state index contributed by atoms with van der Waals surface area (Å²) in [6.07, 6.45) is 0. The van der Waals surface area contributed by atoms with E-state index in [4.69, 9.17) is 9.47 Å². The zero-order chi connectivity index (χ0) is 21.7. The highest BCUT2D eigenvalue weighted by Crippen LogP contribution is 2.34. The molecule has 0 fully saturated rings. The highest BCUT2D eigenvalue weighted by atomic mass is 32.1. The molecule has 2 aromatic rings. The van der Waals surface area contributed by atoms with Crippen LogP contribution in [0.15, 0.2) is 6.07 Å². The quantitative estimate of drug-likeness (QED) is 0.387. The van der Waals surface area contributed by atoms with Crippen molar-refractivity contribution < 1.29 is 28.8 Å². The molecule has 156 valence electrons. The number of thiophene rings is 1. The molecule has 0 saturated carbocycles. The van der Waals surface area contributed by atoms with Gasteiger partial charge < -0.3 is 24.9 Å². The van der Waals surface area contributed by atoms with Crippen LogP contribution in [0.4, 0.5) is 10.8 Å². The third kappa shape index (κ3) is 4.96. The van der Waals surface area contributed by atoms with Gasteiger partial charge in [0.2, 0.25) is 5.91 Å². The number of aromatic nitrogens is 2. The Kier molecular flexibility index (Phi) is 7.04. The predicted molar refractivity (Wildman–Crippen MR) is 103 cm³/mol. The van der Waals surface area contributed by atoms with Crippen LogP contribution in [-0.2, 0) is 20.8 Å². The molecule has 2 aromatic heterocycles. The lowest BCUT2D eigenvalue weighted by Crippen LogP contribution is -2.21. The molecule has 0 aromatic carbocycles. The second-order valence-electron chi connectivity index (χ2n) is 5.81. The van der Waals surface area contributed by atoms with Crippen molar-refractivity contribution >= 4 is 40.0 Å². The van der Waals surface area contributed by atoms with E-state index in [1.807, 2.05) is 0 Å². The first-order valence-electron chi connectivity index (χ1n) is 8.65. The van der Waals surface area contributed by atoms with Crippen molar-refractivity contribution in [3.05, 3.63) is 37.9 Å². The van der Waals surface area contributed by atoms with Crippen LogP contribution in [0.3, 0.4) is 0 Å². The molecule has 0 unspecified atom stereocenters. The average Bonchev–Trinajstić information content (AvgIpc) is 3.15. The Hall–Kier alpha value is -3.28. The second kappa shape index (κ2) is 9.28. The van der Waals surface area contributed by atoms with Gasteiger partial charge in [0, 0.05) is 0 Å². The summed E-state index contributed by atoms with van der Waals surface area (Å²) in [5, 5.41) is 17.3. The number of nitrogens with zero attached hydrogens (tertiary/aromatic N) is 3. The molecule has 0 aliphatic heterocycles. The Morgan fingerprint density at radius 3 is 2.38 bits per heavy atom. The number of carbonyl (C=O) groups excluding carboxylic acids is 3. The number of esters is 2. The van der Waals surface area contributed by atoms with Crippen LogP contribution < -0.4 is 5.32 Å². The number of anilines is 1. The SMILES string of the molecule is CCOC(=O)c1sc(NC(=O)Cn2nc([N+](=O)[O-])cc2C)c(C(=O)OCC)c1C. The Morgan fingerprint density at radius 2 is 1.83 bits per heavy atom. The minimum atomic E-state index is -0.682. The van der Waals surface area contributed by atoms with E-state index in [0.29, 0.717) is 11.3 Å². The number of carbonyl (C=O) groups is 3. The molecule has 12 heteroatoms. The number of nitro groups is 1. The maximum atomic E-state index is 12.5. The summed E-state index contributed by atoms with van der Waals surface area (Å²) in [6.45, 7) is 6.39. The van der Waals surface area contributed by atoms with Gasteiger partial charge in [-0.05, 0) is 38.2 Å². The summed E-state index contributed by atoms with van der Waals surface area (Å²) in [5.74, 6) is -2.25. The normalized spacial score (nSPS) is 10.5. The molecular weight excluding hydrogens is 404 g/mol. The molecule has 0 spiro atoms. The van der Waals surface area contributed by atoms with E-state index in [-0.39, 0.29) is 41.0 Å². The van der Waals surface area contributed by atoms with Crippen molar-refractivity contribution in [1.82, 2.24) is 9.78 Å². The summed E-state index contributed by atoms with van der Waals surface area (Å²) < 4.78 is 11.2. The fraction of sp³-hybridized carbons (Fsp3) is 0.412. The van der Waals surface area contributed by atoms with E-state index in [2.05, 4.69) is 10.4 Å². The van der Waals surface area contributed by atoms with Crippen LogP contribution in [0.5, 0.6) is 0 Å². The molecule has 11 nitrogen and oxygen atoms in total. The molecule has 1 amide bonds. The van der Waals surface area contributed by atoms with Crippen molar-refractivity contribution in [2.24, 2.45) is 0 Å². The van der Waals surface area contributed by atoms with Crippen molar-refractivity contribution in [2.75, 3.05) is 18.5 Å². The fourth-order valence-electron chi connectivity index (χ4n) is 2.49. The molecule has 0 bridgehead atoms. The highest BCUT2D eigenvalue weighted by molar-refractivity contribution is 7.18. The van der Waals surface area contributed by atoms with E-state index in [1.54, 1.807) is 27.7 Å². The van der Waals surface area contributed by atoms with Gasteiger partial charge in [0.1, 0.15) is 16.4 Å². The standard InChI is InChI=1S/C17H20N4O7S/c1-5-27-16(23)13-10(4)14(17(24)28-6-2)29-15(13)18-12(22)8-20-9(3)7-11(19-20)21(25)26/h7H,5-6,8H2,1-4H3,(H,18,22). The number of hydrogen-bond donors (Lipinski definition) is 1. The summed E-state index contributed by atoms with van der Waals surface area (Å²) >= 11 is 0.896. The van der Waals surface area contributed by atoms with Gasteiger partial charge in [0.05, 0.1) is 35.6 Å². The van der Waals surface area contributed by atoms with E-state index in [1.165, 1.54) is 10.7 Å². The van der Waals surface area contributed by atoms with Crippen LogP contribution in [0.2, 0.25) is 0 Å². The van der Waals surface area contributed by atoms with Crippen LogP contribution in [0.25, 0.3) is 0 Å². The average molecular weight is 424 g/mol. The minimum Gasteiger partial charge on any atom is -0.462 e. The third-order valence-corrected chi connectivity index (χ3v) is 4.98. The largest absolute Gasteiger partial charge is 0.462 e. The van der Waals surface area contributed by atoms with Gasteiger partial charge in [-0.15, -0.1) is 11.3 Å². The maximum absolute atomic E-state index is 12.5. The fourth-order valence-corrected chi connectivity index (χ4v) is 3.59. The van der Waals surface area contributed by atoms with Gasteiger partial charge in [-0.25, -0.2) is 9.59 Å². The number of ether oxygens (including phenoxy) is 2. The van der Waals surface area contributed by atoms with E-state index < -0.39 is 22.8 Å². The van der Waals surface area contributed by atoms with Crippen molar-refractivity contribution in [2.45, 2.75) is 34.2 Å². The van der Waals surface area contributed by atoms with E-state index >= 15 is 0 Å². The number of rotatable bonds is 8. The zero-order valence-corrected chi connectivity index (χ0v) is 17.1. The van der Waals surface area contributed by atoms with Crippen LogP contribution in [0, 0.1) is 24.0 Å². The highest BCUT2D eigenvalue weighted by Gasteiger charge is 2.28. The molecular formula is C17H20N4O7S. The van der Waals surface area contributed by atoms with Crippen LogP contribution >= 0.6 is 11.3 Å². The van der Waals surface area contributed by atoms with Gasteiger partial charge in [0.25, 0.3) is 0 Å². The molecule has 2 rings (SSSR count). The lowest BCUT2D eigenvalue weighted by atomic mass is 10.1. The topological polar surface area (TPSA) is 143 Å². The molecule has 0 atom stereocenters. The number of amides is 1. The first-order chi connectivity index (χ1) is 13.7. The lowest BCUT2D eigenvalue weighted by molar-refractivity contribution is -0.389. The monoisotopic (exact) mass is 424 g/mol. The van der Waals surface area contributed by atoms with Gasteiger partial charge in [-0.2, -0.15) is 4.68 Å². The van der Waals surface area contributed by atoms with Gasteiger partial charge in [-0.3, -0.25) is 4.79 Å². The molecule has 1 N–H and O–H groups in total. The summed E-state index contributed by atoms with van der Waals surface area (Å²) in [6, 6.07) is 1.24. The molecule has 2 heterocycles. The Morgan fingerprint density at radius 1 is 1.21 bits per heavy atom. The predicted octanol–water partition coefficient (Wildman–Crippen LogP) is 2.46. The first kappa shape index (κ1) is 22.0. The minimum absolute atomic E-state index is 0.0661. The van der Waals surface area contributed by atoms with Crippen LogP contribution in [-0.4, -0.2) is 45.8 Å². The Labute approximate surface area is 169 Å². The molecule has 0 aliphatic carbocycles. The summed E-state index contributed by atoms with van der Waals surface area (Å²) in [7, 11) is 0. The van der Waals surface area contributed by atoms with Gasteiger partial charge >= 0.3 is 17.8 Å². The van der Waals surface area contributed by atoms with Crippen molar-refractivity contribution in [1.29, 1.82) is 0 Å². The molecule has 0 saturated heterocycles. The molecule has 29 heavy (non-hydrogen) atoms. The Balaban J connectivity index is 2.31. The van der Waals surface area contributed by atoms with Crippen molar-refractivity contribution in [3.63, 3.8) is 0 Å². The first-order valence-corrected chi connectivity index (χ1v) is 9.47. The summed E-state index contributed by atoms with van der Waals surface area (Å²) in [4.78, 5) is 47.3. The number of hydrogen-bond acceptors (Lipinski definition) is 9. The van der Waals surface area contributed by atoms with E-state index in [0.717, 1.165) is 11.3 Å². The Bertz CT molecular complexity index is 963. The third-order valence-electron chi connectivity index (χ3n) is 3.79. The number of nitrogens with one attached hydrogen (secondary N) is 1. The smallest absolute Gasteiger partial charge is 0.390 e. The van der Waals surface area contributed by atoms with E-state index in [9.17, 15) is 24.5 Å². The lowest BCUT2D eigenvalue weighted by Gasteiger charge is -2.07. The zero-order valence-electron chi connectivity index (χ0n) is 16.3. The maximum Gasteiger partial charge on any atom is 0.390 e. The van der Waals surface area contributed by atoms with Crippen LogP contribution in [0.1, 0.15) is 45.1 Å². The van der Waals surface area contributed by atoms with Crippen molar-refractivity contribution in [3.8, 4) is 0 Å². The molecule has 0 radical (unpaired) electrons. The number of aryl methyl sites for hydroxylation is 1. The summed E-state index contributed by atoms with van der Waals surface area (Å²) in [5.41, 5.74) is 0.830. The second-order valence-corrected chi connectivity index (χ2v) is 6.83. The van der Waals surface area contributed by atoms with Gasteiger partial charge in [0.15, 0.2) is 0 Å². The molecule has 0 aliphatic rings. The van der Waals surface area contributed by atoms with Gasteiger partial charge in [-0.1, -0.05) is 0 Å².